The summed E-state index contributed by atoms with van der Waals surface area (Å²) in [6.45, 7) is 12.8. The molecule has 0 rings (SSSR count). The lowest BCUT2D eigenvalue weighted by Crippen LogP contribution is -2.50. The second kappa shape index (κ2) is 25.8. The number of rotatable bonds is 30. The Morgan fingerprint density at radius 1 is 0.395 bits per heavy atom. The summed E-state index contributed by atoms with van der Waals surface area (Å²) in [4.78, 5) is 2.51. The van der Waals surface area contributed by atoms with Gasteiger partial charge in [-0.05, 0) is 25.7 Å². The van der Waals surface area contributed by atoms with Gasteiger partial charge >= 0.3 is 0 Å². The molecule has 0 bridgehead atoms. The molecule has 230 valence electrons. The average Bonchev–Trinajstić information content (AvgIpc) is 2.88. The van der Waals surface area contributed by atoms with Crippen molar-refractivity contribution in [2.24, 2.45) is 0 Å². The van der Waals surface area contributed by atoms with Crippen molar-refractivity contribution in [1.29, 1.82) is 0 Å². The quantitative estimate of drug-likeness (QED) is 0.0730. The van der Waals surface area contributed by atoms with Crippen molar-refractivity contribution < 1.29 is 14.1 Å². The Bertz CT molecular complexity index is 440. The molecule has 0 atom stereocenters. The highest BCUT2D eigenvalue weighted by Gasteiger charge is 2.20. The first-order valence-corrected chi connectivity index (χ1v) is 17.2. The van der Waals surface area contributed by atoms with Crippen molar-refractivity contribution in [2.45, 2.75) is 142 Å². The molecule has 0 spiro atoms. The highest BCUT2D eigenvalue weighted by Crippen LogP contribution is 2.13. The van der Waals surface area contributed by atoms with E-state index in [4.69, 9.17) is 0 Å². The number of hydrogen-bond acceptors (Lipinski definition) is 2. The van der Waals surface area contributed by atoms with Gasteiger partial charge in [-0.3, -0.25) is 4.90 Å². The number of nitrogens with zero attached hydrogens (tertiary/aromatic N) is 3. The van der Waals surface area contributed by atoms with Crippen molar-refractivity contribution in [2.75, 3.05) is 80.6 Å². The van der Waals surface area contributed by atoms with E-state index in [0.717, 1.165) is 28.6 Å². The van der Waals surface area contributed by atoms with Crippen molar-refractivity contribution in [1.82, 2.24) is 4.90 Å². The van der Waals surface area contributed by atoms with Gasteiger partial charge in [-0.15, -0.1) is 0 Å². The van der Waals surface area contributed by atoms with E-state index in [1.54, 1.807) is 0 Å². The number of likely N-dealkylation sites (N-methyl/N-ethyl adjacent to an activating group) is 2. The Labute approximate surface area is 241 Å². The molecule has 0 aliphatic carbocycles. The van der Waals surface area contributed by atoms with Gasteiger partial charge in [0.1, 0.15) is 0 Å². The van der Waals surface area contributed by atoms with Crippen LogP contribution in [0.3, 0.4) is 0 Å². The molecule has 0 fully saturated rings. The van der Waals surface area contributed by atoms with E-state index in [1.165, 1.54) is 155 Å². The largest absolute Gasteiger partial charge is 0.395 e. The zero-order valence-electron chi connectivity index (χ0n) is 27.6. The van der Waals surface area contributed by atoms with E-state index in [0.29, 0.717) is 0 Å². The Balaban J connectivity index is 3.97. The predicted molar refractivity (Wildman–Crippen MR) is 171 cm³/mol. The van der Waals surface area contributed by atoms with Crippen molar-refractivity contribution in [3.05, 3.63) is 0 Å². The molecule has 0 saturated carbocycles. The number of aliphatic hydroxyl groups is 1. The van der Waals surface area contributed by atoms with Crippen LogP contribution < -0.4 is 0 Å². The molecule has 0 aromatic carbocycles. The molecule has 0 aromatic rings. The fraction of sp³-hybridized carbons (Fsp3) is 1.00. The minimum Gasteiger partial charge on any atom is -0.395 e. The zero-order chi connectivity index (χ0) is 28.4. The van der Waals surface area contributed by atoms with Gasteiger partial charge in [0.2, 0.25) is 0 Å². The molecule has 0 aliphatic rings. The highest BCUT2D eigenvalue weighted by atomic mass is 16.3. The SMILES string of the molecule is CCCCCCCCCCCC[N+](C)(C)CCN(CCO)CC[N+](C)(C)CCCCCCCCCCCC. The topological polar surface area (TPSA) is 23.5 Å². The second-order valence-electron chi connectivity index (χ2n) is 13.7. The monoisotopic (exact) mass is 542 g/mol. The van der Waals surface area contributed by atoms with Crippen LogP contribution in [0.1, 0.15) is 142 Å². The summed E-state index contributed by atoms with van der Waals surface area (Å²) in [5, 5.41) is 9.65. The summed E-state index contributed by atoms with van der Waals surface area (Å²) >= 11 is 0. The Hall–Kier alpha value is -0.160. The maximum Gasteiger partial charge on any atom is 0.0911 e. The van der Waals surface area contributed by atoms with Crippen molar-refractivity contribution >= 4 is 0 Å². The van der Waals surface area contributed by atoms with E-state index in [2.05, 4.69) is 46.9 Å². The van der Waals surface area contributed by atoms with Gasteiger partial charge < -0.3 is 14.1 Å². The molecule has 0 heterocycles. The summed E-state index contributed by atoms with van der Waals surface area (Å²) in [5.41, 5.74) is 0. The molecule has 4 heteroatoms. The summed E-state index contributed by atoms with van der Waals surface area (Å²) in [7, 11) is 9.60. The first kappa shape index (κ1) is 37.8. The maximum absolute atomic E-state index is 9.65. The van der Waals surface area contributed by atoms with Crippen LogP contribution in [0.25, 0.3) is 0 Å². The zero-order valence-corrected chi connectivity index (χ0v) is 27.6. The molecule has 0 saturated heterocycles. The van der Waals surface area contributed by atoms with E-state index < -0.39 is 0 Å². The van der Waals surface area contributed by atoms with Crippen LogP contribution in [0.5, 0.6) is 0 Å². The first-order chi connectivity index (χ1) is 18.3. The molecule has 0 aliphatic heterocycles. The predicted octanol–water partition coefficient (Wildman–Crippen LogP) is 8.28. The molecule has 4 nitrogen and oxygen atoms in total. The lowest BCUT2D eigenvalue weighted by molar-refractivity contribution is -0.892. The molecule has 1 N–H and O–H groups in total. The van der Waals surface area contributed by atoms with Crippen molar-refractivity contribution in [3.8, 4) is 0 Å². The minimum absolute atomic E-state index is 0.276. The van der Waals surface area contributed by atoms with Crippen molar-refractivity contribution in [3.63, 3.8) is 0 Å². The second-order valence-corrected chi connectivity index (χ2v) is 13.7. The third-order valence-electron chi connectivity index (χ3n) is 8.69. The fourth-order valence-electron chi connectivity index (χ4n) is 5.58. The minimum atomic E-state index is 0.276. The lowest BCUT2D eigenvalue weighted by atomic mass is 10.1. The lowest BCUT2D eigenvalue weighted by Gasteiger charge is -2.35. The Morgan fingerprint density at radius 2 is 0.684 bits per heavy atom. The summed E-state index contributed by atoms with van der Waals surface area (Å²) in [5.74, 6) is 0. The number of quaternary nitrogens is 2. The van der Waals surface area contributed by atoms with Gasteiger partial charge in [-0.25, -0.2) is 0 Å². The highest BCUT2D eigenvalue weighted by molar-refractivity contribution is 4.58. The van der Waals surface area contributed by atoms with E-state index >= 15 is 0 Å². The van der Waals surface area contributed by atoms with E-state index in [-0.39, 0.29) is 6.61 Å². The van der Waals surface area contributed by atoms with Crippen LogP contribution >= 0.6 is 0 Å². The van der Waals surface area contributed by atoms with Gasteiger partial charge in [0.25, 0.3) is 0 Å². The number of aliphatic hydroxyl groups excluding tert-OH is 1. The summed E-state index contributed by atoms with van der Waals surface area (Å²) in [6.07, 6.45) is 28.2. The molecule has 38 heavy (non-hydrogen) atoms. The van der Waals surface area contributed by atoms with Crippen LogP contribution in [0.2, 0.25) is 0 Å². The van der Waals surface area contributed by atoms with Gasteiger partial charge in [0.05, 0.1) is 61.0 Å². The summed E-state index contributed by atoms with van der Waals surface area (Å²) < 4.78 is 2.21. The maximum atomic E-state index is 9.65. The first-order valence-electron chi connectivity index (χ1n) is 17.2. The van der Waals surface area contributed by atoms with Crippen LogP contribution in [0, 0.1) is 0 Å². The standard InChI is InChI=1S/C34H75N3O/c1-7-9-11-13-15-17-19-21-23-25-30-36(3,4)32-27-35(29-34-38)28-33-37(5,6)31-26-24-22-20-18-16-14-12-10-8-2/h38H,7-34H2,1-6H3/q+2. The Kier molecular flexibility index (Phi) is 25.7. The fourth-order valence-corrected chi connectivity index (χ4v) is 5.58. The van der Waals surface area contributed by atoms with Gasteiger partial charge in [-0.2, -0.15) is 0 Å². The molecular formula is C34H75N3O+2. The molecular weight excluding hydrogens is 466 g/mol. The third kappa shape index (κ3) is 26.1. The molecule has 0 unspecified atom stereocenters. The average molecular weight is 542 g/mol. The van der Waals surface area contributed by atoms with Gasteiger partial charge in [-0.1, -0.05) is 117 Å². The van der Waals surface area contributed by atoms with Crippen LogP contribution in [-0.4, -0.2) is 99.6 Å². The Morgan fingerprint density at radius 3 is 0.974 bits per heavy atom. The van der Waals surface area contributed by atoms with E-state index in [1.807, 2.05) is 0 Å². The number of unbranched alkanes of at least 4 members (excludes halogenated alkanes) is 18. The smallest absolute Gasteiger partial charge is 0.0911 e. The number of hydrogen-bond donors (Lipinski definition) is 1. The van der Waals surface area contributed by atoms with Crippen LogP contribution in [0.15, 0.2) is 0 Å². The normalized spacial score (nSPS) is 12.6. The van der Waals surface area contributed by atoms with Crippen LogP contribution in [0.4, 0.5) is 0 Å². The van der Waals surface area contributed by atoms with Crippen LogP contribution in [-0.2, 0) is 0 Å². The summed E-state index contributed by atoms with van der Waals surface area (Å²) in [6, 6.07) is 0. The molecule has 0 radical (unpaired) electrons. The molecule has 0 aromatic heterocycles. The van der Waals surface area contributed by atoms with Gasteiger partial charge in [0.15, 0.2) is 0 Å². The van der Waals surface area contributed by atoms with E-state index in [9.17, 15) is 5.11 Å². The van der Waals surface area contributed by atoms with Gasteiger partial charge in [0, 0.05) is 19.6 Å². The molecule has 0 amide bonds. The third-order valence-corrected chi connectivity index (χ3v) is 8.69.